The number of thiazole rings is 2. The molecule has 5 nitrogen and oxygen atoms in total. The first kappa shape index (κ1) is 19.6. The highest BCUT2D eigenvalue weighted by Crippen LogP contribution is 2.37. The van der Waals surface area contributed by atoms with Crippen LogP contribution in [0.5, 0.6) is 0 Å². The number of ether oxygens (including phenoxy) is 1. The van der Waals surface area contributed by atoms with Crippen molar-refractivity contribution in [2.24, 2.45) is 5.92 Å². The van der Waals surface area contributed by atoms with Crippen LogP contribution in [0.3, 0.4) is 0 Å². The Morgan fingerprint density at radius 2 is 2.00 bits per heavy atom. The number of halogens is 1. The number of aromatic nitrogens is 2. The van der Waals surface area contributed by atoms with Gasteiger partial charge >= 0.3 is 0 Å². The monoisotopic (exact) mass is 405 g/mol. The second-order valence-corrected chi connectivity index (χ2v) is 8.20. The van der Waals surface area contributed by atoms with Crippen LogP contribution in [0.25, 0.3) is 10.0 Å². The van der Waals surface area contributed by atoms with Gasteiger partial charge in [0.2, 0.25) is 0 Å². The second kappa shape index (κ2) is 8.69. The molecule has 0 saturated carbocycles. The summed E-state index contributed by atoms with van der Waals surface area (Å²) in [5, 5.41) is 6.22. The minimum absolute atomic E-state index is 0.184. The Balaban J connectivity index is 1.87. The molecule has 0 aliphatic carbocycles. The van der Waals surface area contributed by atoms with Gasteiger partial charge in [0.15, 0.2) is 10.0 Å². The third kappa shape index (κ3) is 4.58. The Morgan fingerprint density at radius 3 is 2.59 bits per heavy atom. The molecule has 8 heteroatoms. The normalized spacial score (nSPS) is 12.3. The lowest BCUT2D eigenvalue weighted by Crippen LogP contribution is -2.25. The minimum atomic E-state index is -0.306. The van der Waals surface area contributed by atoms with Crippen LogP contribution < -0.4 is 5.32 Å². The van der Waals surface area contributed by atoms with E-state index in [-0.39, 0.29) is 23.7 Å². The first-order chi connectivity index (χ1) is 13.0. The molecule has 1 amide bonds. The first-order valence-electron chi connectivity index (χ1n) is 8.45. The Hall–Kier alpha value is -2.16. The largest absolute Gasteiger partial charge is 0.376 e. The summed E-state index contributed by atoms with van der Waals surface area (Å²) in [7, 11) is 1.63. The molecular weight excluding hydrogens is 385 g/mol. The molecule has 1 aromatic carbocycles. The van der Waals surface area contributed by atoms with E-state index in [0.717, 1.165) is 15.4 Å². The minimum Gasteiger partial charge on any atom is -0.376 e. The highest BCUT2D eigenvalue weighted by Gasteiger charge is 2.27. The molecule has 2 aromatic heterocycles. The van der Waals surface area contributed by atoms with Crippen molar-refractivity contribution in [1.29, 1.82) is 0 Å². The zero-order valence-corrected chi connectivity index (χ0v) is 16.9. The van der Waals surface area contributed by atoms with Crippen LogP contribution in [0.1, 0.15) is 40.9 Å². The fourth-order valence-corrected chi connectivity index (χ4v) is 4.65. The summed E-state index contributed by atoms with van der Waals surface area (Å²) in [6, 6.07) is 6.03. The molecule has 1 N–H and O–H groups in total. The van der Waals surface area contributed by atoms with Crippen LogP contribution in [0.15, 0.2) is 35.8 Å². The summed E-state index contributed by atoms with van der Waals surface area (Å²) in [5.74, 6) is -0.404. The van der Waals surface area contributed by atoms with E-state index in [1.165, 1.54) is 34.8 Å². The summed E-state index contributed by atoms with van der Waals surface area (Å²) < 4.78 is 18.7. The lowest BCUT2D eigenvalue weighted by atomic mass is 10.0. The molecule has 3 aromatic rings. The molecular formula is C19H20FN3O2S2. The van der Waals surface area contributed by atoms with E-state index in [2.05, 4.69) is 15.3 Å². The molecule has 2 heterocycles. The van der Waals surface area contributed by atoms with Gasteiger partial charge in [0.1, 0.15) is 11.5 Å². The smallest absolute Gasteiger partial charge is 0.271 e. The number of nitrogens with zero attached hydrogens (tertiary/aromatic N) is 2. The molecule has 142 valence electrons. The number of rotatable bonds is 7. The fraction of sp³-hybridized carbons (Fsp3) is 0.316. The van der Waals surface area contributed by atoms with Crippen LogP contribution in [-0.2, 0) is 11.3 Å². The Morgan fingerprint density at radius 1 is 1.26 bits per heavy atom. The summed E-state index contributed by atoms with van der Waals surface area (Å²) in [6.45, 7) is 4.37. The molecule has 0 spiro atoms. The predicted octanol–water partition coefficient (Wildman–Crippen LogP) is 4.68. The SMILES string of the molecule is COC(c1sc(-c2nccs2)nc1C(=O)NCc1ccc(F)cc1)C(C)C. The van der Waals surface area contributed by atoms with E-state index < -0.39 is 0 Å². The summed E-state index contributed by atoms with van der Waals surface area (Å²) >= 11 is 2.91. The summed E-state index contributed by atoms with van der Waals surface area (Å²) in [6.07, 6.45) is 1.48. The average Bonchev–Trinajstić information content (AvgIpc) is 3.31. The first-order valence-corrected chi connectivity index (χ1v) is 10.1. The number of hydrogen-bond acceptors (Lipinski definition) is 6. The third-order valence-corrected chi connectivity index (χ3v) is 6.00. The Bertz CT molecular complexity index is 892. The number of amides is 1. The molecule has 0 fully saturated rings. The van der Waals surface area contributed by atoms with Crippen LogP contribution in [0, 0.1) is 11.7 Å². The third-order valence-electron chi connectivity index (χ3n) is 3.97. The van der Waals surface area contributed by atoms with E-state index in [1.807, 2.05) is 19.2 Å². The number of carbonyl (C=O) groups is 1. The van der Waals surface area contributed by atoms with Crippen molar-refractivity contribution in [1.82, 2.24) is 15.3 Å². The summed E-state index contributed by atoms with van der Waals surface area (Å²) in [4.78, 5) is 22.4. The number of benzene rings is 1. The van der Waals surface area contributed by atoms with Crippen molar-refractivity contribution in [3.63, 3.8) is 0 Å². The number of nitrogens with one attached hydrogen (secondary N) is 1. The maximum absolute atomic E-state index is 13.0. The Labute approximate surface area is 165 Å². The van der Waals surface area contributed by atoms with Crippen molar-refractivity contribution in [3.05, 3.63) is 57.8 Å². The highest BCUT2D eigenvalue weighted by atomic mass is 32.1. The van der Waals surface area contributed by atoms with Gasteiger partial charge in [0, 0.05) is 25.2 Å². The molecule has 0 aliphatic rings. The Kier molecular flexibility index (Phi) is 6.30. The van der Waals surface area contributed by atoms with Crippen molar-refractivity contribution < 1.29 is 13.9 Å². The van der Waals surface area contributed by atoms with Crippen LogP contribution in [0.4, 0.5) is 4.39 Å². The lowest BCUT2D eigenvalue weighted by Gasteiger charge is -2.18. The van der Waals surface area contributed by atoms with Gasteiger partial charge in [-0.1, -0.05) is 26.0 Å². The van der Waals surface area contributed by atoms with Gasteiger partial charge in [-0.15, -0.1) is 22.7 Å². The number of hydrogen-bond donors (Lipinski definition) is 1. The number of carbonyl (C=O) groups excluding carboxylic acids is 1. The molecule has 0 aliphatic heterocycles. The van der Waals surface area contributed by atoms with E-state index in [9.17, 15) is 9.18 Å². The second-order valence-electron chi connectivity index (χ2n) is 6.28. The van der Waals surface area contributed by atoms with Crippen LogP contribution in [0.2, 0.25) is 0 Å². The van der Waals surface area contributed by atoms with Gasteiger partial charge in [-0.2, -0.15) is 0 Å². The van der Waals surface area contributed by atoms with Gasteiger partial charge < -0.3 is 10.1 Å². The van der Waals surface area contributed by atoms with Gasteiger partial charge in [-0.25, -0.2) is 14.4 Å². The van der Waals surface area contributed by atoms with Gasteiger partial charge in [-0.3, -0.25) is 4.79 Å². The summed E-state index contributed by atoms with van der Waals surface area (Å²) in [5.41, 5.74) is 1.17. The maximum Gasteiger partial charge on any atom is 0.271 e. The number of methoxy groups -OCH3 is 1. The fourth-order valence-electron chi connectivity index (χ4n) is 2.66. The molecule has 0 saturated heterocycles. The van der Waals surface area contributed by atoms with Crippen molar-refractivity contribution in [3.8, 4) is 10.0 Å². The molecule has 27 heavy (non-hydrogen) atoms. The zero-order valence-electron chi connectivity index (χ0n) is 15.2. The molecule has 3 rings (SSSR count). The standard InChI is InChI=1S/C19H20FN3O2S2/c1-11(2)15(25-3)16-14(23-19(27-16)18-21-8-9-26-18)17(24)22-10-12-4-6-13(20)7-5-12/h4-9,11,15H,10H2,1-3H3,(H,22,24). The van der Waals surface area contributed by atoms with E-state index in [1.54, 1.807) is 25.4 Å². The van der Waals surface area contributed by atoms with E-state index >= 15 is 0 Å². The molecule has 0 radical (unpaired) electrons. The van der Waals surface area contributed by atoms with Crippen molar-refractivity contribution in [2.45, 2.75) is 26.5 Å². The predicted molar refractivity (Wildman–Crippen MR) is 105 cm³/mol. The highest BCUT2D eigenvalue weighted by molar-refractivity contribution is 7.20. The van der Waals surface area contributed by atoms with E-state index in [4.69, 9.17) is 4.74 Å². The quantitative estimate of drug-likeness (QED) is 0.620. The average molecular weight is 406 g/mol. The van der Waals surface area contributed by atoms with Gasteiger partial charge in [0.25, 0.3) is 5.91 Å². The molecule has 1 unspecified atom stereocenters. The topological polar surface area (TPSA) is 64.1 Å². The van der Waals surface area contributed by atoms with Crippen LogP contribution in [-0.4, -0.2) is 23.0 Å². The van der Waals surface area contributed by atoms with Gasteiger partial charge in [-0.05, 0) is 23.6 Å². The molecule has 1 atom stereocenters. The lowest BCUT2D eigenvalue weighted by molar-refractivity contribution is 0.0655. The van der Waals surface area contributed by atoms with Crippen LogP contribution >= 0.6 is 22.7 Å². The zero-order chi connectivity index (χ0) is 19.4. The van der Waals surface area contributed by atoms with E-state index in [0.29, 0.717) is 17.2 Å². The van der Waals surface area contributed by atoms with Crippen molar-refractivity contribution in [2.75, 3.05) is 7.11 Å². The van der Waals surface area contributed by atoms with Crippen molar-refractivity contribution >= 4 is 28.6 Å². The molecule has 0 bridgehead atoms. The van der Waals surface area contributed by atoms with Gasteiger partial charge in [0.05, 0.1) is 11.0 Å². The maximum atomic E-state index is 13.0.